The average Bonchev–Trinajstić information content (AvgIpc) is 2.51. The molecule has 0 fully saturated rings. The summed E-state index contributed by atoms with van der Waals surface area (Å²) in [6.45, 7) is 1.98. The zero-order valence-corrected chi connectivity index (χ0v) is 12.7. The van der Waals surface area contributed by atoms with Gasteiger partial charge in [0, 0.05) is 6.07 Å². The van der Waals surface area contributed by atoms with Crippen LogP contribution in [0.15, 0.2) is 18.2 Å². The van der Waals surface area contributed by atoms with Gasteiger partial charge in [0.25, 0.3) is 0 Å². The molecular formula is C13H17NO6S. The quantitative estimate of drug-likeness (QED) is 0.747. The maximum absolute atomic E-state index is 12.2. The van der Waals surface area contributed by atoms with Gasteiger partial charge in [-0.05, 0) is 19.1 Å². The monoisotopic (exact) mass is 315 g/mol. The highest BCUT2D eigenvalue weighted by molar-refractivity contribution is 7.92. The van der Waals surface area contributed by atoms with Crippen molar-refractivity contribution < 1.29 is 27.4 Å². The third-order valence-electron chi connectivity index (χ3n) is 3.01. The van der Waals surface area contributed by atoms with Crippen molar-refractivity contribution >= 4 is 21.7 Å². The zero-order chi connectivity index (χ0) is 15.5. The summed E-state index contributed by atoms with van der Waals surface area (Å²) in [6, 6.07) is 4.74. The number of carbonyl (C=O) groups is 1. The van der Waals surface area contributed by atoms with Crippen LogP contribution >= 0.6 is 0 Å². The normalized spacial score (nSPS) is 13.6. The number of hydrogen-bond acceptors (Lipinski definition) is 6. The standard InChI is InChI=1S/C13H17NO6S/c1-3-21(16,17)14(9-13(15)18-2)10-4-5-11-12(8-10)20-7-6-19-11/h4-5,8H,3,6-7,9H2,1-2H3. The molecule has 1 heterocycles. The second kappa shape index (κ2) is 6.21. The fourth-order valence-electron chi connectivity index (χ4n) is 1.88. The number of benzene rings is 1. The van der Waals surface area contributed by atoms with Gasteiger partial charge in [-0.3, -0.25) is 9.10 Å². The third-order valence-corrected chi connectivity index (χ3v) is 4.76. The number of fused-ring (bicyclic) bond motifs is 1. The van der Waals surface area contributed by atoms with Crippen molar-refractivity contribution in [2.24, 2.45) is 0 Å². The molecule has 116 valence electrons. The molecular weight excluding hydrogens is 298 g/mol. The van der Waals surface area contributed by atoms with E-state index in [1.807, 2.05) is 0 Å². The summed E-state index contributed by atoms with van der Waals surface area (Å²) in [5.74, 6) is 0.247. The van der Waals surface area contributed by atoms with Crippen LogP contribution in [0.2, 0.25) is 0 Å². The van der Waals surface area contributed by atoms with Crippen LogP contribution in [0, 0.1) is 0 Å². The number of esters is 1. The van der Waals surface area contributed by atoms with Crippen molar-refractivity contribution in [1.29, 1.82) is 0 Å². The lowest BCUT2D eigenvalue weighted by Gasteiger charge is -2.25. The predicted molar refractivity (Wildman–Crippen MR) is 76.3 cm³/mol. The Morgan fingerprint density at radius 1 is 1.29 bits per heavy atom. The highest BCUT2D eigenvalue weighted by Gasteiger charge is 2.25. The summed E-state index contributed by atoms with van der Waals surface area (Å²) in [7, 11) is -2.40. The van der Waals surface area contributed by atoms with E-state index in [0.717, 1.165) is 4.31 Å². The van der Waals surface area contributed by atoms with Crippen molar-refractivity contribution in [3.05, 3.63) is 18.2 Å². The Bertz CT molecular complexity index is 628. The number of hydrogen-bond donors (Lipinski definition) is 0. The molecule has 2 rings (SSSR count). The Labute approximate surface area is 123 Å². The third kappa shape index (κ3) is 3.38. The first-order valence-electron chi connectivity index (χ1n) is 6.45. The van der Waals surface area contributed by atoms with Gasteiger partial charge in [0.15, 0.2) is 11.5 Å². The van der Waals surface area contributed by atoms with Gasteiger partial charge < -0.3 is 14.2 Å². The molecule has 0 aromatic heterocycles. The number of rotatable bonds is 5. The van der Waals surface area contributed by atoms with Crippen molar-refractivity contribution in [1.82, 2.24) is 0 Å². The molecule has 0 unspecified atom stereocenters. The minimum Gasteiger partial charge on any atom is -0.486 e. The van der Waals surface area contributed by atoms with Gasteiger partial charge in [0.05, 0.1) is 18.6 Å². The SMILES string of the molecule is CCS(=O)(=O)N(CC(=O)OC)c1ccc2c(c1)OCCO2. The molecule has 0 saturated carbocycles. The van der Waals surface area contributed by atoms with Gasteiger partial charge >= 0.3 is 5.97 Å². The van der Waals surface area contributed by atoms with Crippen LogP contribution in [0.4, 0.5) is 5.69 Å². The van der Waals surface area contributed by atoms with E-state index in [1.54, 1.807) is 18.2 Å². The molecule has 0 radical (unpaired) electrons. The average molecular weight is 315 g/mol. The molecule has 21 heavy (non-hydrogen) atoms. The van der Waals surface area contributed by atoms with E-state index in [1.165, 1.54) is 14.0 Å². The van der Waals surface area contributed by atoms with E-state index in [9.17, 15) is 13.2 Å². The first-order valence-corrected chi connectivity index (χ1v) is 8.05. The minimum absolute atomic E-state index is 0.127. The van der Waals surface area contributed by atoms with Crippen molar-refractivity contribution in [2.75, 3.05) is 36.9 Å². The number of ether oxygens (including phenoxy) is 3. The van der Waals surface area contributed by atoms with Crippen molar-refractivity contribution in [3.8, 4) is 11.5 Å². The molecule has 1 aliphatic heterocycles. The topological polar surface area (TPSA) is 82.1 Å². The zero-order valence-electron chi connectivity index (χ0n) is 11.9. The maximum atomic E-state index is 12.2. The molecule has 7 nitrogen and oxygen atoms in total. The van der Waals surface area contributed by atoms with E-state index in [0.29, 0.717) is 30.4 Å². The maximum Gasteiger partial charge on any atom is 0.326 e. The first kappa shape index (κ1) is 15.4. The predicted octanol–water partition coefficient (Wildman–Crippen LogP) is 0.787. The summed E-state index contributed by atoms with van der Waals surface area (Å²) in [5.41, 5.74) is 0.339. The largest absolute Gasteiger partial charge is 0.486 e. The number of methoxy groups -OCH3 is 1. The van der Waals surface area contributed by atoms with Gasteiger partial charge in [0.2, 0.25) is 10.0 Å². The molecule has 0 amide bonds. The van der Waals surface area contributed by atoms with Crippen LogP contribution in [-0.4, -0.2) is 47.0 Å². The van der Waals surface area contributed by atoms with Crippen LogP contribution in [0.1, 0.15) is 6.92 Å². The smallest absolute Gasteiger partial charge is 0.326 e. The lowest BCUT2D eigenvalue weighted by molar-refractivity contribution is -0.138. The highest BCUT2D eigenvalue weighted by Crippen LogP contribution is 2.34. The van der Waals surface area contributed by atoms with E-state index in [-0.39, 0.29) is 12.3 Å². The van der Waals surface area contributed by atoms with E-state index in [4.69, 9.17) is 9.47 Å². The fraction of sp³-hybridized carbons (Fsp3) is 0.462. The molecule has 0 aliphatic carbocycles. The van der Waals surface area contributed by atoms with Crippen LogP contribution in [-0.2, 0) is 19.6 Å². The summed E-state index contributed by atoms with van der Waals surface area (Å²) >= 11 is 0. The van der Waals surface area contributed by atoms with Gasteiger partial charge in [0.1, 0.15) is 19.8 Å². The molecule has 1 aromatic carbocycles. The van der Waals surface area contributed by atoms with E-state index >= 15 is 0 Å². The van der Waals surface area contributed by atoms with Crippen LogP contribution < -0.4 is 13.8 Å². The van der Waals surface area contributed by atoms with E-state index < -0.39 is 16.0 Å². The Morgan fingerprint density at radius 2 is 1.95 bits per heavy atom. The summed E-state index contributed by atoms with van der Waals surface area (Å²) in [6.07, 6.45) is 0. The van der Waals surface area contributed by atoms with Gasteiger partial charge in [-0.25, -0.2) is 8.42 Å². The van der Waals surface area contributed by atoms with Crippen LogP contribution in [0.3, 0.4) is 0 Å². The highest BCUT2D eigenvalue weighted by atomic mass is 32.2. The van der Waals surface area contributed by atoms with Gasteiger partial charge in [-0.1, -0.05) is 0 Å². The lowest BCUT2D eigenvalue weighted by Crippen LogP contribution is -2.37. The summed E-state index contributed by atoms with van der Waals surface area (Å²) in [5, 5.41) is 0. The molecule has 1 aliphatic rings. The van der Waals surface area contributed by atoms with Crippen molar-refractivity contribution in [2.45, 2.75) is 6.92 Å². The number of anilines is 1. The Hall–Kier alpha value is -1.96. The second-order valence-corrected chi connectivity index (χ2v) is 6.49. The molecule has 0 saturated heterocycles. The van der Waals surface area contributed by atoms with Crippen molar-refractivity contribution in [3.63, 3.8) is 0 Å². The molecule has 1 aromatic rings. The molecule has 0 N–H and O–H groups in total. The number of sulfonamides is 1. The number of carbonyl (C=O) groups excluding carboxylic acids is 1. The number of nitrogens with zero attached hydrogens (tertiary/aromatic N) is 1. The summed E-state index contributed by atoms with van der Waals surface area (Å²) < 4.78 is 40.7. The lowest BCUT2D eigenvalue weighted by atomic mass is 10.2. The van der Waals surface area contributed by atoms with Gasteiger partial charge in [-0.2, -0.15) is 0 Å². The van der Waals surface area contributed by atoms with Crippen LogP contribution in [0.5, 0.6) is 11.5 Å². The van der Waals surface area contributed by atoms with E-state index in [2.05, 4.69) is 4.74 Å². The Morgan fingerprint density at radius 3 is 2.57 bits per heavy atom. The second-order valence-electron chi connectivity index (χ2n) is 4.31. The van der Waals surface area contributed by atoms with Crippen LogP contribution in [0.25, 0.3) is 0 Å². The Kier molecular flexibility index (Phi) is 4.56. The molecule has 0 spiro atoms. The molecule has 0 bridgehead atoms. The van der Waals surface area contributed by atoms with Gasteiger partial charge in [-0.15, -0.1) is 0 Å². The Balaban J connectivity index is 2.38. The minimum atomic E-state index is -3.61. The summed E-state index contributed by atoms with van der Waals surface area (Å²) in [4.78, 5) is 11.5. The first-order chi connectivity index (χ1) is 9.97. The fourth-order valence-corrected chi connectivity index (χ4v) is 2.92. The molecule has 8 heteroatoms. The molecule has 0 atom stereocenters.